The normalized spacial score (nSPS) is 16.8. The van der Waals surface area contributed by atoms with E-state index < -0.39 is 23.1 Å². The summed E-state index contributed by atoms with van der Waals surface area (Å²) in [4.78, 5) is 12.9. The minimum absolute atomic E-state index is 0.191. The van der Waals surface area contributed by atoms with Gasteiger partial charge in [0.25, 0.3) is 5.56 Å². The van der Waals surface area contributed by atoms with Crippen molar-refractivity contribution in [3.8, 4) is 0 Å². The second kappa shape index (κ2) is 6.94. The first kappa shape index (κ1) is 20.6. The average molecular weight is 422 g/mol. The molecule has 0 amide bonds. The van der Waals surface area contributed by atoms with Crippen molar-refractivity contribution >= 4 is 10.9 Å². The van der Waals surface area contributed by atoms with Crippen LogP contribution in [0.15, 0.2) is 35.3 Å². The lowest BCUT2D eigenvalue weighted by Crippen LogP contribution is -2.42. The van der Waals surface area contributed by atoms with Gasteiger partial charge in [-0.2, -0.15) is 18.3 Å². The monoisotopic (exact) mass is 422 g/mol. The highest BCUT2D eigenvalue weighted by atomic mass is 19.4. The number of rotatable bonds is 5. The molecule has 1 aliphatic rings. The zero-order valence-electron chi connectivity index (χ0n) is 16.8. The zero-order valence-corrected chi connectivity index (χ0v) is 16.8. The molecule has 0 radical (unpaired) electrons. The third kappa shape index (κ3) is 3.03. The topological polar surface area (TPSA) is 51.9 Å². The highest BCUT2D eigenvalue weighted by Gasteiger charge is 2.39. The molecule has 1 saturated carbocycles. The third-order valence-corrected chi connectivity index (χ3v) is 5.99. The average Bonchev–Trinajstić information content (AvgIpc) is 3.46. The largest absolute Gasteiger partial charge is 0.419 e. The molecule has 1 N–H and O–H groups in total. The smallest absolute Gasteiger partial charge is 0.311 e. The van der Waals surface area contributed by atoms with Gasteiger partial charge in [-0.05, 0) is 50.1 Å². The number of pyridine rings is 1. The Hall–Kier alpha value is -2.68. The van der Waals surface area contributed by atoms with Gasteiger partial charge in [-0.1, -0.05) is 13.0 Å². The van der Waals surface area contributed by atoms with E-state index in [-0.39, 0.29) is 11.6 Å². The summed E-state index contributed by atoms with van der Waals surface area (Å²) in [6, 6.07) is 4.94. The van der Waals surface area contributed by atoms with Crippen molar-refractivity contribution in [1.82, 2.24) is 19.7 Å². The number of nitrogens with zero attached hydrogens (tertiary/aromatic N) is 3. The van der Waals surface area contributed by atoms with E-state index in [0.717, 1.165) is 25.0 Å². The number of aromatic nitrogens is 3. The summed E-state index contributed by atoms with van der Waals surface area (Å²) in [5, 5.41) is 8.17. The Labute approximate surface area is 170 Å². The van der Waals surface area contributed by atoms with Gasteiger partial charge in [0, 0.05) is 24.7 Å². The van der Waals surface area contributed by atoms with Crippen molar-refractivity contribution in [2.75, 3.05) is 7.05 Å². The van der Waals surface area contributed by atoms with Crippen LogP contribution in [-0.2, 0) is 18.8 Å². The van der Waals surface area contributed by atoms with Crippen LogP contribution in [0.2, 0.25) is 0 Å². The first-order chi connectivity index (χ1) is 14.1. The van der Waals surface area contributed by atoms with Crippen LogP contribution < -0.4 is 10.9 Å². The van der Waals surface area contributed by atoms with Crippen LogP contribution >= 0.6 is 0 Å². The Morgan fingerprint density at radius 1 is 1.23 bits per heavy atom. The lowest BCUT2D eigenvalue weighted by Gasteiger charge is -2.34. The molecule has 0 spiro atoms. The molecule has 1 unspecified atom stereocenters. The number of nitrogens with one attached hydrogen (secondary N) is 1. The van der Waals surface area contributed by atoms with Gasteiger partial charge < -0.3 is 9.88 Å². The molecule has 30 heavy (non-hydrogen) atoms. The molecule has 0 saturated heterocycles. The van der Waals surface area contributed by atoms with E-state index in [1.807, 2.05) is 6.92 Å². The van der Waals surface area contributed by atoms with E-state index in [9.17, 15) is 22.4 Å². The van der Waals surface area contributed by atoms with Crippen LogP contribution in [-0.4, -0.2) is 21.4 Å². The Kier molecular flexibility index (Phi) is 4.76. The Morgan fingerprint density at radius 3 is 2.47 bits per heavy atom. The minimum Gasteiger partial charge on any atom is -0.311 e. The van der Waals surface area contributed by atoms with Gasteiger partial charge in [-0.3, -0.25) is 9.48 Å². The van der Waals surface area contributed by atoms with Crippen LogP contribution in [0.4, 0.5) is 17.6 Å². The summed E-state index contributed by atoms with van der Waals surface area (Å²) in [6.07, 6.45) is -0.744. The number of benzene rings is 1. The van der Waals surface area contributed by atoms with Crippen molar-refractivity contribution in [1.29, 1.82) is 0 Å². The molecule has 1 fully saturated rings. The number of hydrogen-bond donors (Lipinski definition) is 1. The highest BCUT2D eigenvalue weighted by Crippen LogP contribution is 2.40. The van der Waals surface area contributed by atoms with E-state index in [2.05, 4.69) is 10.4 Å². The molecular weight excluding hydrogens is 400 g/mol. The maximum absolute atomic E-state index is 14.4. The van der Waals surface area contributed by atoms with Crippen LogP contribution in [0.1, 0.15) is 49.0 Å². The van der Waals surface area contributed by atoms with E-state index in [1.165, 1.54) is 6.07 Å². The Morgan fingerprint density at radius 2 is 1.93 bits per heavy atom. The van der Waals surface area contributed by atoms with Crippen LogP contribution in [0.3, 0.4) is 0 Å². The number of alkyl halides is 3. The number of fused-ring (bicyclic) bond motifs is 1. The molecule has 0 bridgehead atoms. The van der Waals surface area contributed by atoms with Crippen LogP contribution in [0.5, 0.6) is 0 Å². The summed E-state index contributed by atoms with van der Waals surface area (Å²) in [5.74, 6) is -1.34. The molecule has 1 aliphatic carbocycles. The van der Waals surface area contributed by atoms with Crippen molar-refractivity contribution < 1.29 is 17.6 Å². The van der Waals surface area contributed by atoms with Gasteiger partial charge in [0.15, 0.2) is 5.52 Å². The van der Waals surface area contributed by atoms with Gasteiger partial charge in [0.2, 0.25) is 0 Å². The second-order valence-electron chi connectivity index (χ2n) is 7.70. The fourth-order valence-corrected chi connectivity index (χ4v) is 4.31. The van der Waals surface area contributed by atoms with E-state index >= 15 is 0 Å². The summed E-state index contributed by atoms with van der Waals surface area (Å²) >= 11 is 0. The standard InChI is InChI=1S/C21H22F4N4O/c1-4-20(26-2,12-5-8-15(16(22)11-12)21(23,24)25)18-14-9-10-29(13-6-7-13)19(30)17(14)27-28(18)3/h5,8-11,13,26H,4,6-7H2,1-3H3. The molecule has 1 atom stereocenters. The van der Waals surface area contributed by atoms with Crippen LogP contribution in [0.25, 0.3) is 10.9 Å². The molecule has 5 nitrogen and oxygen atoms in total. The summed E-state index contributed by atoms with van der Waals surface area (Å²) in [7, 11) is 3.34. The first-order valence-electron chi connectivity index (χ1n) is 9.78. The van der Waals surface area contributed by atoms with Crippen molar-refractivity contribution in [3.63, 3.8) is 0 Å². The van der Waals surface area contributed by atoms with Gasteiger partial charge in [-0.25, -0.2) is 4.39 Å². The number of halogens is 4. The summed E-state index contributed by atoms with van der Waals surface area (Å²) in [5.41, 5.74) is -1.32. The van der Waals surface area contributed by atoms with Gasteiger partial charge in [0.05, 0.1) is 16.8 Å². The molecule has 160 valence electrons. The molecule has 9 heteroatoms. The molecule has 3 aromatic rings. The predicted octanol–water partition coefficient (Wildman–Crippen LogP) is 4.10. The predicted molar refractivity (Wildman–Crippen MR) is 105 cm³/mol. The third-order valence-electron chi connectivity index (χ3n) is 5.99. The first-order valence-corrected chi connectivity index (χ1v) is 9.78. The lowest BCUT2D eigenvalue weighted by atomic mass is 9.82. The molecule has 0 aliphatic heterocycles. The number of aryl methyl sites for hydroxylation is 1. The quantitative estimate of drug-likeness (QED) is 0.630. The number of hydrogen-bond acceptors (Lipinski definition) is 3. The summed E-state index contributed by atoms with van der Waals surface area (Å²) in [6.45, 7) is 1.84. The molecule has 2 aromatic heterocycles. The van der Waals surface area contributed by atoms with Gasteiger partial charge in [-0.15, -0.1) is 0 Å². The van der Waals surface area contributed by atoms with Crippen LogP contribution in [0, 0.1) is 5.82 Å². The lowest BCUT2D eigenvalue weighted by molar-refractivity contribution is -0.140. The van der Waals surface area contributed by atoms with Gasteiger partial charge in [0.1, 0.15) is 5.82 Å². The van der Waals surface area contributed by atoms with Gasteiger partial charge >= 0.3 is 6.18 Å². The fraction of sp³-hybridized carbons (Fsp3) is 0.429. The molecule has 4 rings (SSSR count). The fourth-order valence-electron chi connectivity index (χ4n) is 4.31. The SMILES string of the molecule is CCC(NC)(c1ccc(C(F)(F)F)c(F)c1)c1c2ccn(C3CC3)c(=O)c2nn1C. The molecular formula is C21H22F4N4O. The maximum atomic E-state index is 14.4. The van der Waals surface area contributed by atoms with Crippen molar-refractivity contribution in [3.05, 3.63) is 63.5 Å². The second-order valence-corrected chi connectivity index (χ2v) is 7.70. The van der Waals surface area contributed by atoms with E-state index in [1.54, 1.807) is 35.6 Å². The molecule has 1 aromatic carbocycles. The molecule has 2 heterocycles. The van der Waals surface area contributed by atoms with Crippen molar-refractivity contribution in [2.24, 2.45) is 7.05 Å². The minimum atomic E-state index is -4.77. The zero-order chi connectivity index (χ0) is 21.8. The Balaban J connectivity index is 1.94. The Bertz CT molecular complexity index is 1170. The summed E-state index contributed by atoms with van der Waals surface area (Å²) < 4.78 is 56.7. The van der Waals surface area contributed by atoms with E-state index in [4.69, 9.17) is 0 Å². The van der Waals surface area contributed by atoms with Crippen molar-refractivity contribution in [2.45, 2.75) is 43.9 Å². The highest BCUT2D eigenvalue weighted by molar-refractivity contribution is 5.82. The maximum Gasteiger partial charge on any atom is 0.419 e. The van der Waals surface area contributed by atoms with E-state index in [0.29, 0.717) is 28.6 Å².